The fraction of sp³-hybridized carbons (Fsp3) is 0.0385. The van der Waals surface area contributed by atoms with Crippen LogP contribution in [-0.2, 0) is 15.4 Å². The van der Waals surface area contributed by atoms with Crippen molar-refractivity contribution in [2.75, 3.05) is 0 Å². The molecule has 0 saturated heterocycles. The summed E-state index contributed by atoms with van der Waals surface area (Å²) in [6.07, 6.45) is 0. The lowest BCUT2D eigenvalue weighted by atomic mass is 9.80. The van der Waals surface area contributed by atoms with Crippen LogP contribution in [0, 0.1) is 0 Å². The molecule has 0 aliphatic heterocycles. The van der Waals surface area contributed by atoms with Crippen LogP contribution in [0.2, 0.25) is 0 Å². The second-order valence-electron chi connectivity index (χ2n) is 6.60. The van der Waals surface area contributed by atoms with E-state index in [-0.39, 0.29) is 0 Å². The van der Waals surface area contributed by atoms with E-state index in [9.17, 15) is 4.79 Å². The lowest BCUT2D eigenvalue weighted by Crippen LogP contribution is -2.34. The minimum atomic E-state index is -1.10. The third kappa shape index (κ3) is 3.82. The van der Waals surface area contributed by atoms with Crippen LogP contribution in [0.25, 0.3) is 0 Å². The Bertz CT molecular complexity index is 949. The van der Waals surface area contributed by atoms with Gasteiger partial charge in [-0.2, -0.15) is 4.89 Å². The van der Waals surface area contributed by atoms with Crippen molar-refractivity contribution in [1.82, 2.24) is 0 Å². The van der Waals surface area contributed by atoms with Crippen molar-refractivity contribution in [3.8, 4) is 0 Å². The molecule has 0 N–H and O–H groups in total. The number of hydrogen-bond acceptors (Lipinski definition) is 3. The van der Waals surface area contributed by atoms with Gasteiger partial charge in [0.15, 0.2) is 5.60 Å². The zero-order chi connectivity index (χ0) is 19.9. The predicted octanol–water partition coefficient (Wildman–Crippen LogP) is 5.77. The van der Waals surface area contributed by atoms with E-state index in [0.717, 1.165) is 16.7 Å². The molecule has 4 rings (SSSR count). The molecule has 0 bridgehead atoms. The van der Waals surface area contributed by atoms with Crippen molar-refractivity contribution in [3.63, 3.8) is 0 Å². The lowest BCUT2D eigenvalue weighted by Gasteiger charge is -2.33. The quantitative estimate of drug-likeness (QED) is 0.242. The van der Waals surface area contributed by atoms with Gasteiger partial charge in [0.25, 0.3) is 0 Å². The molecule has 0 aliphatic rings. The summed E-state index contributed by atoms with van der Waals surface area (Å²) in [6.45, 7) is 0. The summed E-state index contributed by atoms with van der Waals surface area (Å²) in [7, 11) is 0. The Hall–Kier alpha value is -3.69. The Morgan fingerprint density at radius 2 is 0.862 bits per heavy atom. The monoisotopic (exact) mass is 380 g/mol. The molecule has 0 spiro atoms. The maximum Gasteiger partial charge on any atom is 0.373 e. The fourth-order valence-electron chi connectivity index (χ4n) is 3.39. The van der Waals surface area contributed by atoms with Crippen LogP contribution in [-0.4, -0.2) is 5.97 Å². The van der Waals surface area contributed by atoms with Gasteiger partial charge in [0.05, 0.1) is 5.56 Å². The SMILES string of the molecule is O=C(OOC(c1ccccc1)(c1ccccc1)c1ccccc1)c1ccccc1. The van der Waals surface area contributed by atoms with E-state index in [1.54, 1.807) is 24.3 Å². The van der Waals surface area contributed by atoms with Gasteiger partial charge in [-0.05, 0) is 28.8 Å². The second-order valence-corrected chi connectivity index (χ2v) is 6.60. The van der Waals surface area contributed by atoms with E-state index >= 15 is 0 Å². The highest BCUT2D eigenvalue weighted by atomic mass is 17.2. The maximum absolute atomic E-state index is 12.6. The fourth-order valence-corrected chi connectivity index (χ4v) is 3.39. The van der Waals surface area contributed by atoms with Gasteiger partial charge in [0.2, 0.25) is 0 Å². The Morgan fingerprint density at radius 1 is 0.517 bits per heavy atom. The molecular weight excluding hydrogens is 360 g/mol. The van der Waals surface area contributed by atoms with E-state index in [0.29, 0.717) is 5.56 Å². The normalized spacial score (nSPS) is 11.0. The molecule has 0 radical (unpaired) electrons. The molecule has 0 aromatic heterocycles. The van der Waals surface area contributed by atoms with Crippen molar-refractivity contribution in [1.29, 1.82) is 0 Å². The van der Waals surface area contributed by atoms with E-state index in [2.05, 4.69) is 0 Å². The highest BCUT2D eigenvalue weighted by Gasteiger charge is 2.40. The standard InChI is InChI=1S/C26H20O3/c27-25(21-13-5-1-6-14-21)28-29-26(22-15-7-2-8-16-22,23-17-9-3-10-18-23)24-19-11-4-12-20-24/h1-20H. The first-order valence-electron chi connectivity index (χ1n) is 9.42. The average Bonchev–Trinajstić information content (AvgIpc) is 2.82. The Balaban J connectivity index is 1.83. The first-order chi connectivity index (χ1) is 14.3. The van der Waals surface area contributed by atoms with Crippen molar-refractivity contribution >= 4 is 5.97 Å². The van der Waals surface area contributed by atoms with E-state index in [1.165, 1.54) is 0 Å². The third-order valence-corrected chi connectivity index (χ3v) is 4.79. The largest absolute Gasteiger partial charge is 0.373 e. The summed E-state index contributed by atoms with van der Waals surface area (Å²) in [4.78, 5) is 24.1. The smallest absolute Gasteiger partial charge is 0.291 e. The third-order valence-electron chi connectivity index (χ3n) is 4.79. The lowest BCUT2D eigenvalue weighted by molar-refractivity contribution is -0.296. The molecule has 0 aliphatic carbocycles. The summed E-state index contributed by atoms with van der Waals surface area (Å²) < 4.78 is 0. The van der Waals surface area contributed by atoms with Gasteiger partial charge in [-0.1, -0.05) is 109 Å². The molecule has 0 fully saturated rings. The minimum absolute atomic E-state index is 0.426. The second kappa shape index (κ2) is 8.55. The van der Waals surface area contributed by atoms with Gasteiger partial charge in [-0.15, -0.1) is 0 Å². The molecule has 4 aromatic rings. The summed E-state index contributed by atoms with van der Waals surface area (Å²) in [5.41, 5.74) is 1.90. The first kappa shape index (κ1) is 18.7. The molecule has 142 valence electrons. The number of benzene rings is 4. The van der Waals surface area contributed by atoms with Gasteiger partial charge in [0, 0.05) is 0 Å². The number of carbonyl (C=O) groups is 1. The number of hydrogen-bond donors (Lipinski definition) is 0. The summed E-state index contributed by atoms with van der Waals surface area (Å²) in [5, 5.41) is 0. The van der Waals surface area contributed by atoms with Gasteiger partial charge < -0.3 is 0 Å². The zero-order valence-electron chi connectivity index (χ0n) is 15.8. The van der Waals surface area contributed by atoms with Crippen molar-refractivity contribution in [2.24, 2.45) is 0 Å². The molecule has 0 heterocycles. The van der Waals surface area contributed by atoms with Gasteiger partial charge in [-0.3, -0.25) is 4.89 Å². The average molecular weight is 380 g/mol. The summed E-state index contributed by atoms with van der Waals surface area (Å²) in [6, 6.07) is 38.1. The van der Waals surface area contributed by atoms with Crippen LogP contribution >= 0.6 is 0 Å². The highest BCUT2D eigenvalue weighted by Crippen LogP contribution is 2.40. The molecular formula is C26H20O3. The maximum atomic E-state index is 12.6. The Labute approximate surface area is 170 Å². The molecule has 4 aromatic carbocycles. The van der Waals surface area contributed by atoms with Crippen LogP contribution in [0.3, 0.4) is 0 Å². The molecule has 0 saturated carbocycles. The van der Waals surface area contributed by atoms with Gasteiger partial charge in [0.1, 0.15) is 0 Å². The van der Waals surface area contributed by atoms with Crippen molar-refractivity contribution in [3.05, 3.63) is 144 Å². The van der Waals surface area contributed by atoms with Crippen LogP contribution < -0.4 is 0 Å². The highest BCUT2D eigenvalue weighted by molar-refractivity contribution is 5.88. The number of carbonyl (C=O) groups excluding carboxylic acids is 1. The van der Waals surface area contributed by atoms with E-state index in [1.807, 2.05) is 97.1 Å². The van der Waals surface area contributed by atoms with Crippen molar-refractivity contribution < 1.29 is 14.6 Å². The minimum Gasteiger partial charge on any atom is -0.291 e. The Kier molecular flexibility index (Phi) is 5.50. The zero-order valence-corrected chi connectivity index (χ0v) is 15.8. The molecule has 29 heavy (non-hydrogen) atoms. The summed E-state index contributed by atoms with van der Waals surface area (Å²) >= 11 is 0. The first-order valence-corrected chi connectivity index (χ1v) is 9.42. The molecule has 3 heteroatoms. The van der Waals surface area contributed by atoms with Gasteiger partial charge >= 0.3 is 5.97 Å². The van der Waals surface area contributed by atoms with E-state index in [4.69, 9.17) is 9.78 Å². The molecule has 0 unspecified atom stereocenters. The predicted molar refractivity (Wildman–Crippen MR) is 112 cm³/mol. The van der Waals surface area contributed by atoms with Crippen LogP contribution in [0.4, 0.5) is 0 Å². The number of rotatable bonds is 6. The van der Waals surface area contributed by atoms with Crippen LogP contribution in [0.1, 0.15) is 27.0 Å². The van der Waals surface area contributed by atoms with Gasteiger partial charge in [-0.25, -0.2) is 4.79 Å². The van der Waals surface area contributed by atoms with E-state index < -0.39 is 11.6 Å². The molecule has 3 nitrogen and oxygen atoms in total. The topological polar surface area (TPSA) is 35.5 Å². The van der Waals surface area contributed by atoms with Crippen molar-refractivity contribution in [2.45, 2.75) is 5.60 Å². The Morgan fingerprint density at radius 3 is 1.24 bits per heavy atom. The van der Waals surface area contributed by atoms with Crippen LogP contribution in [0.15, 0.2) is 121 Å². The summed E-state index contributed by atoms with van der Waals surface area (Å²) in [5.74, 6) is -0.544. The molecule has 0 amide bonds. The van der Waals surface area contributed by atoms with Crippen LogP contribution in [0.5, 0.6) is 0 Å². The molecule has 0 atom stereocenters.